The van der Waals surface area contributed by atoms with Crippen LogP contribution >= 0.6 is 0 Å². The molecule has 2 aliphatic rings. The van der Waals surface area contributed by atoms with Gasteiger partial charge in [-0.05, 0) is 16.6 Å². The smallest absolute Gasteiger partial charge is 0.434 e. The lowest BCUT2D eigenvalue weighted by Gasteiger charge is -2.38. The number of rotatable bonds is 4. The van der Waals surface area contributed by atoms with Gasteiger partial charge in [0.25, 0.3) is 0 Å². The van der Waals surface area contributed by atoms with E-state index in [1.807, 2.05) is 0 Å². The van der Waals surface area contributed by atoms with E-state index >= 15 is 8.78 Å². The van der Waals surface area contributed by atoms with Gasteiger partial charge in [-0.25, -0.2) is 17.6 Å². The van der Waals surface area contributed by atoms with E-state index in [0.717, 1.165) is 49.6 Å². The average molecular weight is 400 g/mol. The second-order valence-corrected chi connectivity index (χ2v) is 9.95. The molecule has 1 nitrogen and oxygen atoms in total. The maximum atomic E-state index is 15.9. The zero-order valence-electron chi connectivity index (χ0n) is 14.3. The van der Waals surface area contributed by atoms with Gasteiger partial charge < -0.3 is 4.74 Å². The van der Waals surface area contributed by atoms with Crippen LogP contribution in [0.1, 0.15) is 12.8 Å². The molecule has 0 saturated heterocycles. The van der Waals surface area contributed by atoms with Crippen LogP contribution in [0.5, 0.6) is 5.75 Å². The van der Waals surface area contributed by atoms with E-state index in [1.165, 1.54) is 0 Å². The van der Waals surface area contributed by atoms with Gasteiger partial charge in [-0.1, -0.05) is 24.3 Å². The average Bonchev–Trinajstić information content (AvgIpc) is 2.56. The topological polar surface area (TPSA) is 9.23 Å². The van der Waals surface area contributed by atoms with E-state index < -0.39 is 63.8 Å². The maximum absolute atomic E-state index is 15.9. The van der Waals surface area contributed by atoms with Gasteiger partial charge in [0.2, 0.25) is 0 Å². The molecule has 0 saturated carbocycles. The van der Waals surface area contributed by atoms with Gasteiger partial charge >= 0.3 is 14.1 Å². The van der Waals surface area contributed by atoms with Crippen LogP contribution in [0.2, 0.25) is 0 Å². The van der Waals surface area contributed by atoms with Crippen molar-refractivity contribution in [1.29, 1.82) is 0 Å². The Morgan fingerprint density at radius 1 is 0.889 bits per heavy atom. The molecule has 0 heterocycles. The summed E-state index contributed by atoms with van der Waals surface area (Å²) in [6.45, 7) is 0. The molecule has 0 amide bonds. The molecule has 2 aliphatic carbocycles. The maximum Gasteiger partial charge on any atom is 0.434 e. The molecular formula is C19H15AlF6O. The summed E-state index contributed by atoms with van der Waals surface area (Å²) < 4.78 is 87.1. The molecule has 1 aromatic carbocycles. The van der Waals surface area contributed by atoms with E-state index in [0.29, 0.717) is 6.07 Å². The zero-order chi connectivity index (χ0) is 19.8. The third kappa shape index (κ3) is 3.74. The minimum atomic E-state index is -3.91. The molecule has 0 radical (unpaired) electrons. The zero-order valence-corrected chi connectivity index (χ0v) is 15.4. The number of hydrogen-bond donors (Lipinski definition) is 0. The largest absolute Gasteiger partial charge is 0.498 e. The van der Waals surface area contributed by atoms with Gasteiger partial charge in [-0.15, -0.1) is 0 Å². The molecule has 3 rings (SSSR count). The first-order valence-corrected chi connectivity index (χ1v) is 9.90. The third-order valence-electron chi connectivity index (χ3n) is 4.71. The number of hydrogen-bond acceptors (Lipinski definition) is 1. The SMILES string of the molecule is COc1cc(F)cc(F)[c]1[Al]([C]1(F)C=CC=C(F)C1)[C]1(F)C=CC=C(F)C1. The van der Waals surface area contributed by atoms with Crippen LogP contribution in [-0.2, 0) is 0 Å². The monoisotopic (exact) mass is 400 g/mol. The summed E-state index contributed by atoms with van der Waals surface area (Å²) in [7, 11) is 1.10. The Morgan fingerprint density at radius 2 is 1.41 bits per heavy atom. The highest BCUT2D eigenvalue weighted by Gasteiger charge is 2.60. The lowest BCUT2D eigenvalue weighted by molar-refractivity contribution is 0.257. The minimum absolute atomic E-state index is 0.384. The van der Waals surface area contributed by atoms with Crippen LogP contribution in [0.15, 0.2) is 60.2 Å². The van der Waals surface area contributed by atoms with Crippen LogP contribution in [0, 0.1) is 11.6 Å². The lowest BCUT2D eigenvalue weighted by Crippen LogP contribution is -2.63. The van der Waals surface area contributed by atoms with Crippen LogP contribution in [0.3, 0.4) is 0 Å². The summed E-state index contributed by atoms with van der Waals surface area (Å²) in [5.41, 5.74) is 0. The summed E-state index contributed by atoms with van der Waals surface area (Å²) in [5, 5.41) is 0. The first-order valence-electron chi connectivity index (χ1n) is 8.17. The molecule has 0 bridgehead atoms. The molecular weight excluding hydrogens is 385 g/mol. The molecule has 0 N–H and O–H groups in total. The fraction of sp³-hybridized carbons (Fsp3) is 0.263. The van der Waals surface area contributed by atoms with Crippen molar-refractivity contribution in [3.63, 3.8) is 0 Å². The number of methoxy groups -OCH3 is 1. The summed E-state index contributed by atoms with van der Waals surface area (Å²) in [6, 6.07) is 1.30. The highest BCUT2D eigenvalue weighted by molar-refractivity contribution is 6.80. The Kier molecular flexibility index (Phi) is 5.33. The fourth-order valence-corrected chi connectivity index (χ4v) is 7.67. The molecule has 2 unspecified atom stereocenters. The molecule has 0 aromatic heterocycles. The van der Waals surface area contributed by atoms with Crippen LogP contribution in [-0.4, -0.2) is 30.3 Å². The highest BCUT2D eigenvalue weighted by Crippen LogP contribution is 2.42. The van der Waals surface area contributed by atoms with Gasteiger partial charge in [0.1, 0.15) is 29.0 Å². The number of benzene rings is 1. The molecule has 142 valence electrons. The summed E-state index contributed by atoms with van der Waals surface area (Å²) in [5.74, 6) is -4.27. The molecule has 27 heavy (non-hydrogen) atoms. The van der Waals surface area contributed by atoms with E-state index in [2.05, 4.69) is 0 Å². The Hall–Kier alpha value is -1.91. The molecule has 2 atom stereocenters. The van der Waals surface area contributed by atoms with Crippen LogP contribution < -0.4 is 9.16 Å². The van der Waals surface area contributed by atoms with Crippen molar-refractivity contribution in [3.8, 4) is 5.75 Å². The standard InChI is InChI=1S/C7H5F2O.2C6H5F2.Al/c1-10-7-3-5(8)2-6(9)4-7;2*7-5-2-1-3-6(8)4-5;/h2-3H,1H3;2*1-3H,4H2;. The van der Waals surface area contributed by atoms with Crippen molar-refractivity contribution in [1.82, 2.24) is 0 Å². The van der Waals surface area contributed by atoms with Gasteiger partial charge in [0, 0.05) is 25.0 Å². The predicted molar refractivity (Wildman–Crippen MR) is 91.9 cm³/mol. The number of halogens is 6. The van der Waals surface area contributed by atoms with Crippen LogP contribution in [0.25, 0.3) is 0 Å². The Balaban J connectivity index is 2.24. The number of alkyl halides is 2. The van der Waals surface area contributed by atoms with Crippen LogP contribution in [0.4, 0.5) is 26.3 Å². The van der Waals surface area contributed by atoms with Crippen molar-refractivity contribution in [2.45, 2.75) is 21.9 Å². The van der Waals surface area contributed by atoms with Gasteiger partial charge in [0.05, 0.1) is 16.2 Å². The first-order chi connectivity index (χ1) is 12.7. The van der Waals surface area contributed by atoms with E-state index in [9.17, 15) is 17.6 Å². The minimum Gasteiger partial charge on any atom is -0.498 e. The highest BCUT2D eigenvalue weighted by atomic mass is 27.2. The van der Waals surface area contributed by atoms with E-state index in [-0.39, 0.29) is 5.75 Å². The van der Waals surface area contributed by atoms with Crippen molar-refractivity contribution >= 4 is 18.6 Å². The van der Waals surface area contributed by atoms with Crippen molar-refractivity contribution < 1.29 is 31.1 Å². The quantitative estimate of drug-likeness (QED) is 0.521. The molecule has 0 fully saturated rings. The third-order valence-corrected chi connectivity index (χ3v) is 8.56. The Bertz CT molecular complexity index is 835. The first kappa shape index (κ1) is 19.8. The van der Waals surface area contributed by atoms with Crippen molar-refractivity contribution in [2.24, 2.45) is 0 Å². The summed E-state index contributed by atoms with van der Waals surface area (Å²) in [6.07, 6.45) is 4.48. The Labute approximate surface area is 156 Å². The molecule has 0 aliphatic heterocycles. The van der Waals surface area contributed by atoms with Gasteiger partial charge in [-0.2, -0.15) is 0 Å². The summed E-state index contributed by atoms with van der Waals surface area (Å²) in [4.78, 5) is 0. The van der Waals surface area contributed by atoms with E-state index in [4.69, 9.17) is 4.74 Å². The normalized spacial score (nSPS) is 27.2. The molecule has 1 aromatic rings. The van der Waals surface area contributed by atoms with Gasteiger partial charge in [-0.3, -0.25) is 8.78 Å². The predicted octanol–water partition coefficient (Wildman–Crippen LogP) is 4.80. The lowest BCUT2D eigenvalue weighted by atomic mass is 10.1. The second-order valence-electron chi connectivity index (χ2n) is 6.59. The summed E-state index contributed by atoms with van der Waals surface area (Å²) >= 11 is -3.91. The second kappa shape index (κ2) is 7.25. The number of ether oxygens (including phenoxy) is 1. The van der Waals surface area contributed by atoms with Crippen molar-refractivity contribution in [2.75, 3.05) is 7.11 Å². The molecule has 0 spiro atoms. The number of allylic oxidation sites excluding steroid dienone is 8. The Morgan fingerprint density at radius 3 is 1.85 bits per heavy atom. The fourth-order valence-electron chi connectivity index (χ4n) is 3.66. The molecule has 8 heteroatoms. The van der Waals surface area contributed by atoms with Gasteiger partial charge in [0.15, 0.2) is 0 Å². The van der Waals surface area contributed by atoms with E-state index in [1.54, 1.807) is 0 Å². The van der Waals surface area contributed by atoms with Crippen molar-refractivity contribution in [3.05, 3.63) is 71.9 Å².